The van der Waals surface area contributed by atoms with Crippen LogP contribution in [0.25, 0.3) is 11.4 Å². The molecule has 3 rings (SSSR count). The van der Waals surface area contributed by atoms with Crippen LogP contribution in [0.3, 0.4) is 0 Å². The fourth-order valence-electron chi connectivity index (χ4n) is 3.18. The van der Waals surface area contributed by atoms with Crippen LogP contribution in [0.5, 0.6) is 0 Å². The van der Waals surface area contributed by atoms with Crippen molar-refractivity contribution in [2.24, 2.45) is 11.8 Å². The summed E-state index contributed by atoms with van der Waals surface area (Å²) in [6.45, 7) is 4.52. The van der Waals surface area contributed by atoms with Crippen LogP contribution in [-0.4, -0.2) is 45.8 Å². The van der Waals surface area contributed by atoms with E-state index in [1.165, 1.54) is 0 Å². The number of alkyl halides is 1. The number of rotatable bonds is 5. The molecule has 0 saturated carbocycles. The molecule has 2 aromatic rings. The van der Waals surface area contributed by atoms with Crippen LogP contribution < -0.4 is 0 Å². The number of hydrogen-bond donors (Lipinski definition) is 1. The molecule has 0 aliphatic carbocycles. The lowest BCUT2D eigenvalue weighted by Gasteiger charge is -2.17. The highest BCUT2D eigenvalue weighted by Crippen LogP contribution is 2.32. The normalized spacial score (nSPS) is 20.8. The summed E-state index contributed by atoms with van der Waals surface area (Å²) in [5.41, 5.74) is 0.919. The summed E-state index contributed by atoms with van der Waals surface area (Å²) in [6.07, 6.45) is 0.497. The zero-order valence-electron chi connectivity index (χ0n) is 14.1. The summed E-state index contributed by atoms with van der Waals surface area (Å²) >= 11 is 0. The molecule has 2 atom stereocenters. The monoisotopic (exact) mass is 330 g/mol. The first kappa shape index (κ1) is 16.6. The Morgan fingerprint density at radius 2 is 2.08 bits per heavy atom. The number of H-pyrrole nitrogens is 1. The summed E-state index contributed by atoms with van der Waals surface area (Å²) in [5.74, 6) is 1.31. The minimum absolute atomic E-state index is 0.0914. The third kappa shape index (κ3) is 3.47. The van der Waals surface area contributed by atoms with Crippen molar-refractivity contribution in [1.29, 1.82) is 0 Å². The smallest absolute Gasteiger partial charge is 0.222 e. The molecule has 128 valence electrons. The van der Waals surface area contributed by atoms with E-state index in [-0.39, 0.29) is 17.7 Å². The molecule has 2 heterocycles. The average molecular weight is 330 g/mol. The van der Waals surface area contributed by atoms with E-state index in [0.29, 0.717) is 37.1 Å². The second-order valence-corrected chi connectivity index (χ2v) is 6.83. The lowest BCUT2D eigenvalue weighted by molar-refractivity contribution is -0.131. The number of halogens is 1. The Labute approximate surface area is 141 Å². The topological polar surface area (TPSA) is 61.9 Å². The van der Waals surface area contributed by atoms with E-state index >= 15 is 0 Å². The van der Waals surface area contributed by atoms with Crippen molar-refractivity contribution in [3.63, 3.8) is 0 Å². The van der Waals surface area contributed by atoms with Crippen LogP contribution in [0.4, 0.5) is 4.39 Å². The van der Waals surface area contributed by atoms with Gasteiger partial charge in [0, 0.05) is 36.9 Å². The summed E-state index contributed by atoms with van der Waals surface area (Å²) in [6, 6.07) is 9.67. The van der Waals surface area contributed by atoms with Gasteiger partial charge in [-0.2, -0.15) is 5.10 Å². The third-order valence-corrected chi connectivity index (χ3v) is 4.46. The minimum Gasteiger partial charge on any atom is -0.342 e. The summed E-state index contributed by atoms with van der Waals surface area (Å²) < 4.78 is 13.5. The number of aromatic amines is 1. The first-order valence-electron chi connectivity index (χ1n) is 8.40. The maximum absolute atomic E-state index is 13.5. The number of benzene rings is 1. The molecule has 1 aliphatic heterocycles. The van der Waals surface area contributed by atoms with Crippen molar-refractivity contribution in [2.75, 3.05) is 19.8 Å². The Bertz CT molecular complexity index is 685. The van der Waals surface area contributed by atoms with Gasteiger partial charge in [0.25, 0.3) is 0 Å². The van der Waals surface area contributed by atoms with Crippen molar-refractivity contribution < 1.29 is 9.18 Å². The maximum Gasteiger partial charge on any atom is 0.222 e. The van der Waals surface area contributed by atoms with Gasteiger partial charge in [-0.1, -0.05) is 44.2 Å². The zero-order valence-corrected chi connectivity index (χ0v) is 14.1. The quantitative estimate of drug-likeness (QED) is 0.916. The van der Waals surface area contributed by atoms with E-state index in [1.807, 2.05) is 44.2 Å². The van der Waals surface area contributed by atoms with E-state index in [0.717, 1.165) is 5.56 Å². The fourth-order valence-corrected chi connectivity index (χ4v) is 3.18. The zero-order chi connectivity index (χ0) is 17.1. The molecule has 1 amide bonds. The molecular formula is C18H23FN4O. The van der Waals surface area contributed by atoms with Gasteiger partial charge in [-0.05, 0) is 5.92 Å². The van der Waals surface area contributed by atoms with Crippen LogP contribution in [-0.2, 0) is 4.79 Å². The van der Waals surface area contributed by atoms with Crippen molar-refractivity contribution in [3.05, 3.63) is 36.2 Å². The second-order valence-electron chi connectivity index (χ2n) is 6.83. The summed E-state index contributed by atoms with van der Waals surface area (Å²) in [7, 11) is 0. The standard InChI is InChI=1S/C18H23FN4O/c1-12(2)8-16(24)23-10-14(9-19)15(11-23)18-20-17(21-22-18)13-6-4-3-5-7-13/h3-7,12,14-15H,8-11H2,1-2H3,(H,20,21,22)/t14-,15-/m1/s1. The van der Waals surface area contributed by atoms with E-state index in [1.54, 1.807) is 4.90 Å². The molecule has 0 radical (unpaired) electrons. The Hall–Kier alpha value is -2.24. The van der Waals surface area contributed by atoms with Gasteiger partial charge in [0.15, 0.2) is 5.82 Å². The lowest BCUT2D eigenvalue weighted by Crippen LogP contribution is -2.30. The number of carbonyl (C=O) groups is 1. The molecule has 0 spiro atoms. The number of likely N-dealkylation sites (tertiary alicyclic amines) is 1. The highest BCUT2D eigenvalue weighted by molar-refractivity contribution is 5.76. The van der Waals surface area contributed by atoms with Gasteiger partial charge in [0.05, 0.1) is 6.67 Å². The van der Waals surface area contributed by atoms with Gasteiger partial charge < -0.3 is 4.90 Å². The molecule has 1 aliphatic rings. The predicted octanol–water partition coefficient (Wildman–Crippen LogP) is 3.03. The highest BCUT2D eigenvalue weighted by atomic mass is 19.1. The van der Waals surface area contributed by atoms with E-state index in [4.69, 9.17) is 0 Å². The second kappa shape index (κ2) is 7.11. The molecule has 1 fully saturated rings. The van der Waals surface area contributed by atoms with Crippen LogP contribution in [0.2, 0.25) is 0 Å². The summed E-state index contributed by atoms with van der Waals surface area (Å²) in [4.78, 5) is 18.6. The Morgan fingerprint density at radius 1 is 1.33 bits per heavy atom. The number of aromatic nitrogens is 3. The van der Waals surface area contributed by atoms with E-state index in [2.05, 4.69) is 15.2 Å². The molecule has 5 nitrogen and oxygen atoms in total. The van der Waals surface area contributed by atoms with Crippen LogP contribution in [0.1, 0.15) is 32.0 Å². The van der Waals surface area contributed by atoms with Crippen LogP contribution in [0.15, 0.2) is 30.3 Å². The van der Waals surface area contributed by atoms with Gasteiger partial charge in [-0.3, -0.25) is 14.3 Å². The number of nitrogens with zero attached hydrogens (tertiary/aromatic N) is 3. The molecule has 0 unspecified atom stereocenters. The minimum atomic E-state index is -0.461. The molecular weight excluding hydrogens is 307 g/mol. The van der Waals surface area contributed by atoms with Crippen LogP contribution in [0, 0.1) is 11.8 Å². The third-order valence-electron chi connectivity index (χ3n) is 4.46. The van der Waals surface area contributed by atoms with E-state index in [9.17, 15) is 9.18 Å². The van der Waals surface area contributed by atoms with Gasteiger partial charge in [-0.15, -0.1) is 0 Å². The first-order valence-corrected chi connectivity index (χ1v) is 8.40. The van der Waals surface area contributed by atoms with Crippen molar-refractivity contribution in [1.82, 2.24) is 20.1 Å². The SMILES string of the molecule is CC(C)CC(=O)N1C[C@@H](CF)[C@H](c2nc(-c3ccccc3)n[nH]2)C1. The number of hydrogen-bond acceptors (Lipinski definition) is 3. The Kier molecular flexibility index (Phi) is 4.92. The maximum atomic E-state index is 13.5. The van der Waals surface area contributed by atoms with Gasteiger partial charge in [0.2, 0.25) is 5.91 Å². The fraction of sp³-hybridized carbons (Fsp3) is 0.500. The Morgan fingerprint density at radius 3 is 2.75 bits per heavy atom. The summed E-state index contributed by atoms with van der Waals surface area (Å²) in [5, 5.41) is 7.20. The van der Waals surface area contributed by atoms with Crippen molar-refractivity contribution in [2.45, 2.75) is 26.2 Å². The molecule has 1 saturated heterocycles. The van der Waals surface area contributed by atoms with Crippen molar-refractivity contribution in [3.8, 4) is 11.4 Å². The van der Waals surface area contributed by atoms with Gasteiger partial charge in [0.1, 0.15) is 5.82 Å². The average Bonchev–Trinajstić information content (AvgIpc) is 3.21. The van der Waals surface area contributed by atoms with Gasteiger partial charge >= 0.3 is 0 Å². The molecule has 24 heavy (non-hydrogen) atoms. The molecule has 1 N–H and O–H groups in total. The highest BCUT2D eigenvalue weighted by Gasteiger charge is 2.38. The molecule has 6 heteroatoms. The number of amides is 1. The number of nitrogens with one attached hydrogen (secondary N) is 1. The van der Waals surface area contributed by atoms with Crippen LogP contribution >= 0.6 is 0 Å². The molecule has 1 aromatic heterocycles. The van der Waals surface area contributed by atoms with E-state index < -0.39 is 6.67 Å². The first-order chi connectivity index (χ1) is 11.6. The predicted molar refractivity (Wildman–Crippen MR) is 90.1 cm³/mol. The van der Waals surface area contributed by atoms with Gasteiger partial charge in [-0.25, -0.2) is 4.98 Å². The number of carbonyl (C=O) groups excluding carboxylic acids is 1. The molecule has 0 bridgehead atoms. The molecule has 1 aromatic carbocycles. The van der Waals surface area contributed by atoms with Crippen molar-refractivity contribution >= 4 is 5.91 Å². The Balaban J connectivity index is 1.76. The lowest BCUT2D eigenvalue weighted by atomic mass is 9.97. The largest absolute Gasteiger partial charge is 0.342 e.